The summed E-state index contributed by atoms with van der Waals surface area (Å²) in [4.78, 5) is 16.4. The van der Waals surface area contributed by atoms with Crippen LogP contribution in [0.3, 0.4) is 0 Å². The Hall–Kier alpha value is -2.57. The van der Waals surface area contributed by atoms with Crippen LogP contribution in [0.4, 0.5) is 0 Å². The Bertz CT molecular complexity index is 943. The Labute approximate surface area is 171 Å². The molecule has 3 saturated heterocycles. The predicted octanol–water partition coefficient (Wildman–Crippen LogP) is 3.41. The standard InChI is InChI=1S/C23H27N5O/c1-16-26-21(12-22(27-16)23-6-4-10-29-23)20-15-28-9-7-17(20)11-19(28)14-24-13-18-5-2-3-8-25-18/h2-6,8,10,12,17,19-20,24H,7,9,11,13-15H2,1H3/t17-,19+,20+/m0/s1. The molecule has 0 amide bonds. The third-order valence-electron chi connectivity index (χ3n) is 6.30. The largest absolute Gasteiger partial charge is 0.463 e. The summed E-state index contributed by atoms with van der Waals surface area (Å²) >= 11 is 0. The fourth-order valence-corrected chi connectivity index (χ4v) is 4.89. The number of fused-ring (bicyclic) bond motifs is 3. The summed E-state index contributed by atoms with van der Waals surface area (Å²) in [7, 11) is 0. The summed E-state index contributed by atoms with van der Waals surface area (Å²) in [5.74, 6) is 2.79. The molecule has 1 unspecified atom stereocenters. The maximum atomic E-state index is 5.56. The molecule has 6 rings (SSSR count). The molecule has 3 aliphatic heterocycles. The van der Waals surface area contributed by atoms with Crippen molar-refractivity contribution in [1.82, 2.24) is 25.2 Å². The maximum absolute atomic E-state index is 5.56. The van der Waals surface area contributed by atoms with E-state index < -0.39 is 0 Å². The molecule has 3 aromatic rings. The quantitative estimate of drug-likeness (QED) is 0.697. The van der Waals surface area contributed by atoms with Crippen molar-refractivity contribution in [3.05, 3.63) is 66.1 Å². The highest BCUT2D eigenvalue weighted by molar-refractivity contribution is 5.52. The highest BCUT2D eigenvalue weighted by Gasteiger charge is 2.41. The lowest BCUT2D eigenvalue weighted by molar-refractivity contribution is 0.0292. The van der Waals surface area contributed by atoms with Crippen molar-refractivity contribution < 1.29 is 4.42 Å². The predicted molar refractivity (Wildman–Crippen MR) is 111 cm³/mol. The maximum Gasteiger partial charge on any atom is 0.152 e. The van der Waals surface area contributed by atoms with Crippen LogP contribution in [-0.2, 0) is 6.54 Å². The van der Waals surface area contributed by atoms with Gasteiger partial charge in [-0.25, -0.2) is 9.97 Å². The van der Waals surface area contributed by atoms with Gasteiger partial charge in [0.25, 0.3) is 0 Å². The van der Waals surface area contributed by atoms with Crippen LogP contribution in [0.2, 0.25) is 0 Å². The van der Waals surface area contributed by atoms with Crippen LogP contribution in [0.15, 0.2) is 53.3 Å². The molecule has 0 radical (unpaired) electrons. The Morgan fingerprint density at radius 2 is 2.17 bits per heavy atom. The Balaban J connectivity index is 1.26. The summed E-state index contributed by atoms with van der Waals surface area (Å²) < 4.78 is 5.56. The molecule has 0 aliphatic carbocycles. The number of hydrogen-bond donors (Lipinski definition) is 1. The van der Waals surface area contributed by atoms with E-state index in [1.807, 2.05) is 37.4 Å². The third-order valence-corrected chi connectivity index (χ3v) is 6.30. The van der Waals surface area contributed by atoms with E-state index in [-0.39, 0.29) is 0 Å². The smallest absolute Gasteiger partial charge is 0.152 e. The van der Waals surface area contributed by atoms with Crippen LogP contribution < -0.4 is 5.32 Å². The number of furan rings is 1. The van der Waals surface area contributed by atoms with E-state index in [2.05, 4.69) is 32.3 Å². The molecule has 0 saturated carbocycles. The number of piperidine rings is 3. The van der Waals surface area contributed by atoms with E-state index in [0.29, 0.717) is 17.9 Å². The van der Waals surface area contributed by atoms with Crippen LogP contribution in [0.5, 0.6) is 0 Å². The van der Waals surface area contributed by atoms with Crippen molar-refractivity contribution in [3.63, 3.8) is 0 Å². The zero-order chi connectivity index (χ0) is 19.6. The van der Waals surface area contributed by atoms with Gasteiger partial charge >= 0.3 is 0 Å². The lowest BCUT2D eigenvalue weighted by atomic mass is 9.74. The topological polar surface area (TPSA) is 67.1 Å². The first kappa shape index (κ1) is 18.5. The zero-order valence-corrected chi connectivity index (χ0v) is 16.8. The van der Waals surface area contributed by atoms with Crippen LogP contribution >= 0.6 is 0 Å². The first-order chi connectivity index (χ1) is 14.3. The highest BCUT2D eigenvalue weighted by atomic mass is 16.3. The van der Waals surface area contributed by atoms with Crippen LogP contribution in [0.1, 0.15) is 36.0 Å². The summed E-state index contributed by atoms with van der Waals surface area (Å²) in [6.07, 6.45) is 6.03. The van der Waals surface area contributed by atoms with Crippen molar-refractivity contribution >= 4 is 0 Å². The van der Waals surface area contributed by atoms with Crippen molar-refractivity contribution in [2.45, 2.75) is 38.3 Å². The second-order valence-electron chi connectivity index (χ2n) is 8.19. The fraction of sp³-hybridized carbons (Fsp3) is 0.435. The molecule has 150 valence electrons. The van der Waals surface area contributed by atoms with Crippen molar-refractivity contribution in [2.75, 3.05) is 19.6 Å². The average Bonchev–Trinajstić information content (AvgIpc) is 3.30. The lowest BCUT2D eigenvalue weighted by Crippen LogP contribution is -2.55. The van der Waals surface area contributed by atoms with E-state index >= 15 is 0 Å². The Morgan fingerprint density at radius 1 is 1.21 bits per heavy atom. The first-order valence-corrected chi connectivity index (χ1v) is 10.5. The molecular weight excluding hydrogens is 362 g/mol. The van der Waals surface area contributed by atoms with Crippen molar-refractivity contribution in [2.24, 2.45) is 5.92 Å². The molecule has 1 N–H and O–H groups in total. The second kappa shape index (κ2) is 8.05. The van der Waals surface area contributed by atoms with E-state index in [1.165, 1.54) is 25.1 Å². The lowest BCUT2D eigenvalue weighted by Gasteiger charge is -2.50. The molecule has 6 heterocycles. The highest BCUT2D eigenvalue weighted by Crippen LogP contribution is 2.41. The van der Waals surface area contributed by atoms with Gasteiger partial charge in [-0.15, -0.1) is 0 Å². The molecule has 2 bridgehead atoms. The zero-order valence-electron chi connectivity index (χ0n) is 16.8. The minimum Gasteiger partial charge on any atom is -0.463 e. The van der Waals surface area contributed by atoms with E-state index in [0.717, 1.165) is 42.6 Å². The molecule has 0 aromatic carbocycles. The van der Waals surface area contributed by atoms with Crippen LogP contribution in [0.25, 0.3) is 11.5 Å². The molecular formula is C23H27N5O. The van der Waals surface area contributed by atoms with Crippen molar-refractivity contribution in [3.8, 4) is 11.5 Å². The number of aromatic nitrogens is 3. The SMILES string of the molecule is Cc1nc(-c2ccco2)cc([C@@H]2CN3CC[C@H]2C[C@@H]3CNCc2ccccn2)n1. The third kappa shape index (κ3) is 3.95. The van der Waals surface area contributed by atoms with E-state index in [4.69, 9.17) is 9.40 Å². The molecule has 6 nitrogen and oxygen atoms in total. The van der Waals surface area contributed by atoms with Gasteiger partial charge in [0.2, 0.25) is 0 Å². The minimum atomic E-state index is 0.478. The van der Waals surface area contributed by atoms with Crippen molar-refractivity contribution in [1.29, 1.82) is 0 Å². The summed E-state index contributed by atoms with van der Waals surface area (Å²) in [5, 5.41) is 3.61. The number of nitrogens with zero attached hydrogens (tertiary/aromatic N) is 4. The van der Waals surface area contributed by atoms with Gasteiger partial charge in [-0.2, -0.15) is 0 Å². The van der Waals surface area contributed by atoms with Crippen LogP contribution in [-0.4, -0.2) is 45.5 Å². The van der Waals surface area contributed by atoms with Gasteiger partial charge in [0.05, 0.1) is 12.0 Å². The molecule has 29 heavy (non-hydrogen) atoms. The average molecular weight is 390 g/mol. The molecule has 3 fully saturated rings. The van der Waals surface area contributed by atoms with Gasteiger partial charge in [-0.3, -0.25) is 9.88 Å². The van der Waals surface area contributed by atoms with Gasteiger partial charge in [0.1, 0.15) is 11.5 Å². The molecule has 3 aliphatic rings. The molecule has 0 spiro atoms. The summed E-state index contributed by atoms with van der Waals surface area (Å²) in [6, 6.07) is 12.7. The summed E-state index contributed by atoms with van der Waals surface area (Å²) in [5.41, 5.74) is 3.16. The monoisotopic (exact) mass is 389 g/mol. The number of hydrogen-bond acceptors (Lipinski definition) is 6. The van der Waals surface area contributed by atoms with Gasteiger partial charge in [-0.1, -0.05) is 6.07 Å². The molecule has 6 heteroatoms. The minimum absolute atomic E-state index is 0.478. The van der Waals surface area contributed by atoms with E-state index in [9.17, 15) is 0 Å². The van der Waals surface area contributed by atoms with Gasteiger partial charge in [0.15, 0.2) is 5.76 Å². The number of nitrogens with one attached hydrogen (secondary N) is 1. The Morgan fingerprint density at radius 3 is 2.93 bits per heavy atom. The molecule has 3 aromatic heterocycles. The van der Waals surface area contributed by atoms with Gasteiger partial charge in [-0.05, 0) is 62.6 Å². The first-order valence-electron chi connectivity index (χ1n) is 10.5. The molecule has 4 atom stereocenters. The number of rotatable bonds is 6. The number of aryl methyl sites for hydroxylation is 1. The summed E-state index contributed by atoms with van der Waals surface area (Å²) in [6.45, 7) is 6.08. The second-order valence-corrected chi connectivity index (χ2v) is 8.19. The fourth-order valence-electron chi connectivity index (χ4n) is 4.89. The van der Waals surface area contributed by atoms with Gasteiger partial charge in [0, 0.05) is 43.5 Å². The van der Waals surface area contributed by atoms with Crippen LogP contribution in [0, 0.1) is 12.8 Å². The van der Waals surface area contributed by atoms with E-state index in [1.54, 1.807) is 6.26 Å². The number of pyridine rings is 1. The van der Waals surface area contributed by atoms with Gasteiger partial charge < -0.3 is 9.73 Å². The Kier molecular flexibility index (Phi) is 5.12. The normalized spacial score (nSPS) is 26.0.